The Hall–Kier alpha value is -2.50. The number of nitrogens with zero attached hydrogens (tertiary/aromatic N) is 2. The highest BCUT2D eigenvalue weighted by molar-refractivity contribution is 5.92. The van der Waals surface area contributed by atoms with Crippen molar-refractivity contribution in [3.63, 3.8) is 0 Å². The van der Waals surface area contributed by atoms with Gasteiger partial charge < -0.3 is 14.8 Å². The maximum Gasteiger partial charge on any atom is 0.269 e. The molecule has 1 N–H and O–H groups in total. The monoisotopic (exact) mass is 369 g/mol. The third-order valence-electron chi connectivity index (χ3n) is 6.33. The van der Waals surface area contributed by atoms with Gasteiger partial charge in [-0.1, -0.05) is 18.9 Å². The van der Waals surface area contributed by atoms with E-state index >= 15 is 0 Å². The first-order chi connectivity index (χ1) is 13.1. The number of nitrogens with one attached hydrogen (secondary N) is 1. The number of carbonyl (C=O) groups excluding carboxylic acids is 1. The minimum Gasteiger partial charge on any atom is -0.493 e. The Morgan fingerprint density at radius 1 is 1.11 bits per heavy atom. The lowest BCUT2D eigenvalue weighted by Gasteiger charge is -2.55. The molecule has 0 spiro atoms. The highest BCUT2D eigenvalue weighted by Crippen LogP contribution is 2.55. The third kappa shape index (κ3) is 3.07. The van der Waals surface area contributed by atoms with Gasteiger partial charge in [0.15, 0.2) is 11.5 Å². The van der Waals surface area contributed by atoms with Crippen LogP contribution in [0, 0.1) is 11.8 Å². The minimum absolute atomic E-state index is 0.0468. The molecule has 2 fully saturated rings. The Labute approximate surface area is 159 Å². The summed E-state index contributed by atoms with van der Waals surface area (Å²) in [6, 6.07) is 8.05. The number of ether oxygens (including phenoxy) is 2. The maximum absolute atomic E-state index is 12.8. The predicted octanol–water partition coefficient (Wildman–Crippen LogP) is 3.14. The van der Waals surface area contributed by atoms with Gasteiger partial charge >= 0.3 is 0 Å². The van der Waals surface area contributed by atoms with Gasteiger partial charge in [0.05, 0.1) is 14.2 Å². The largest absolute Gasteiger partial charge is 0.493 e. The molecule has 4 atom stereocenters. The van der Waals surface area contributed by atoms with Crippen LogP contribution >= 0.6 is 0 Å². The van der Waals surface area contributed by atoms with E-state index in [1.54, 1.807) is 38.2 Å². The normalized spacial score (nSPS) is 26.6. The minimum atomic E-state index is -0.0468. The molecule has 2 aliphatic rings. The fourth-order valence-corrected chi connectivity index (χ4v) is 5.00. The quantitative estimate of drug-likeness (QED) is 0.879. The van der Waals surface area contributed by atoms with Crippen LogP contribution in [0.4, 0.5) is 0 Å². The number of hydrogen-bond donors (Lipinski definition) is 1. The van der Waals surface area contributed by atoms with Crippen molar-refractivity contribution in [3.8, 4) is 11.5 Å². The molecule has 0 unspecified atom stereocenters. The van der Waals surface area contributed by atoms with Gasteiger partial charge in [-0.15, -0.1) is 0 Å². The number of aromatic nitrogens is 2. The molecule has 2 aromatic rings. The number of aryl methyl sites for hydroxylation is 1. The van der Waals surface area contributed by atoms with E-state index in [0.29, 0.717) is 23.4 Å². The molecule has 6 heteroatoms. The lowest BCUT2D eigenvalue weighted by Crippen LogP contribution is -2.59. The van der Waals surface area contributed by atoms with Crippen molar-refractivity contribution in [3.05, 3.63) is 41.7 Å². The fourth-order valence-electron chi connectivity index (χ4n) is 5.00. The SMILES string of the molecule is COc1ccc([C@H]2[C@H]3CCCC[C@H]3[C@@H]2NC(=O)c2ccnn2C)cc1OC. The van der Waals surface area contributed by atoms with Crippen molar-refractivity contribution in [1.29, 1.82) is 0 Å². The Morgan fingerprint density at radius 3 is 2.52 bits per heavy atom. The van der Waals surface area contributed by atoms with Gasteiger partial charge in [-0.25, -0.2) is 0 Å². The molecule has 0 saturated heterocycles. The Balaban J connectivity index is 1.61. The van der Waals surface area contributed by atoms with Gasteiger partial charge in [-0.2, -0.15) is 5.10 Å². The van der Waals surface area contributed by atoms with E-state index in [0.717, 1.165) is 11.5 Å². The summed E-state index contributed by atoms with van der Waals surface area (Å²) in [6.07, 6.45) is 6.59. The molecule has 1 aromatic heterocycles. The lowest BCUT2D eigenvalue weighted by molar-refractivity contribution is 0.0248. The molecule has 1 amide bonds. The van der Waals surface area contributed by atoms with E-state index in [-0.39, 0.29) is 11.9 Å². The Kier molecular flexibility index (Phi) is 4.81. The number of rotatable bonds is 5. The summed E-state index contributed by atoms with van der Waals surface area (Å²) < 4.78 is 12.5. The summed E-state index contributed by atoms with van der Waals surface area (Å²) in [7, 11) is 5.10. The van der Waals surface area contributed by atoms with Gasteiger partial charge in [0.25, 0.3) is 5.91 Å². The second-order valence-electron chi connectivity index (χ2n) is 7.59. The van der Waals surface area contributed by atoms with Crippen LogP contribution in [0.25, 0.3) is 0 Å². The molecule has 144 valence electrons. The summed E-state index contributed by atoms with van der Waals surface area (Å²) in [6.45, 7) is 0. The zero-order valence-electron chi connectivity index (χ0n) is 16.1. The van der Waals surface area contributed by atoms with E-state index in [4.69, 9.17) is 9.47 Å². The average molecular weight is 369 g/mol. The summed E-state index contributed by atoms with van der Waals surface area (Å²) in [5.74, 6) is 2.91. The number of hydrogen-bond acceptors (Lipinski definition) is 4. The van der Waals surface area contributed by atoms with E-state index in [1.807, 2.05) is 6.07 Å². The first-order valence-corrected chi connectivity index (χ1v) is 9.65. The number of amides is 1. The molecule has 0 radical (unpaired) electrons. The van der Waals surface area contributed by atoms with Crippen molar-refractivity contribution in [2.75, 3.05) is 14.2 Å². The molecular formula is C21H27N3O3. The topological polar surface area (TPSA) is 65.4 Å². The highest BCUT2D eigenvalue weighted by Gasteiger charge is 2.52. The Bertz CT molecular complexity index is 832. The number of carbonyl (C=O) groups is 1. The molecule has 1 heterocycles. The van der Waals surface area contributed by atoms with Gasteiger partial charge in [-0.3, -0.25) is 9.48 Å². The van der Waals surface area contributed by atoms with Crippen LogP contribution < -0.4 is 14.8 Å². The van der Waals surface area contributed by atoms with Crippen LogP contribution in [0.1, 0.15) is 47.7 Å². The van der Waals surface area contributed by atoms with Crippen LogP contribution in [-0.2, 0) is 7.05 Å². The van der Waals surface area contributed by atoms with E-state index in [2.05, 4.69) is 22.5 Å². The van der Waals surface area contributed by atoms with Crippen molar-refractivity contribution in [2.45, 2.75) is 37.6 Å². The van der Waals surface area contributed by atoms with Gasteiger partial charge in [0.1, 0.15) is 5.69 Å². The number of fused-ring (bicyclic) bond motifs is 1. The second-order valence-corrected chi connectivity index (χ2v) is 7.59. The van der Waals surface area contributed by atoms with E-state index < -0.39 is 0 Å². The molecule has 0 bridgehead atoms. The van der Waals surface area contributed by atoms with Crippen molar-refractivity contribution in [2.24, 2.45) is 18.9 Å². The molecule has 4 rings (SSSR count). The molecule has 2 saturated carbocycles. The second kappa shape index (κ2) is 7.25. The van der Waals surface area contributed by atoms with Crippen LogP contribution in [0.5, 0.6) is 11.5 Å². The first-order valence-electron chi connectivity index (χ1n) is 9.65. The average Bonchev–Trinajstić information content (AvgIpc) is 3.12. The highest BCUT2D eigenvalue weighted by atomic mass is 16.5. The van der Waals surface area contributed by atoms with Crippen LogP contribution in [0.15, 0.2) is 30.5 Å². The van der Waals surface area contributed by atoms with E-state index in [9.17, 15) is 4.79 Å². The van der Waals surface area contributed by atoms with Crippen LogP contribution in [0.2, 0.25) is 0 Å². The number of benzene rings is 1. The molecule has 6 nitrogen and oxygen atoms in total. The first kappa shape index (κ1) is 17.9. The summed E-state index contributed by atoms with van der Waals surface area (Å²) in [5, 5.41) is 7.42. The third-order valence-corrected chi connectivity index (χ3v) is 6.33. The summed E-state index contributed by atoms with van der Waals surface area (Å²) in [5.41, 5.74) is 1.81. The van der Waals surface area contributed by atoms with Crippen LogP contribution in [-0.4, -0.2) is 35.9 Å². The lowest BCUT2D eigenvalue weighted by atomic mass is 9.53. The molecule has 2 aliphatic carbocycles. The zero-order valence-corrected chi connectivity index (χ0v) is 16.1. The van der Waals surface area contributed by atoms with Crippen molar-refractivity contribution >= 4 is 5.91 Å². The molecule has 1 aromatic carbocycles. The summed E-state index contributed by atoms with van der Waals surface area (Å²) in [4.78, 5) is 12.8. The predicted molar refractivity (Wildman–Crippen MR) is 102 cm³/mol. The fraction of sp³-hybridized carbons (Fsp3) is 0.524. The van der Waals surface area contributed by atoms with Crippen molar-refractivity contribution < 1.29 is 14.3 Å². The van der Waals surface area contributed by atoms with Gasteiger partial charge in [-0.05, 0) is 48.4 Å². The van der Waals surface area contributed by atoms with E-state index in [1.165, 1.54) is 31.2 Å². The zero-order chi connectivity index (χ0) is 19.0. The maximum atomic E-state index is 12.8. The van der Waals surface area contributed by atoms with Crippen molar-refractivity contribution in [1.82, 2.24) is 15.1 Å². The summed E-state index contributed by atoms with van der Waals surface area (Å²) >= 11 is 0. The molecule has 0 aliphatic heterocycles. The van der Waals surface area contributed by atoms with Crippen LogP contribution in [0.3, 0.4) is 0 Å². The smallest absolute Gasteiger partial charge is 0.269 e. The number of methoxy groups -OCH3 is 2. The van der Waals surface area contributed by atoms with Gasteiger partial charge in [0.2, 0.25) is 0 Å². The molecule has 27 heavy (non-hydrogen) atoms. The van der Waals surface area contributed by atoms with Gasteiger partial charge in [0, 0.05) is 25.2 Å². The standard InChI is InChI=1S/C21H27N3O3/c1-24-16(10-11-22-24)21(25)23-20-15-7-5-4-6-14(15)19(20)13-8-9-17(26-2)18(12-13)27-3/h8-12,14-15,19-20H,4-7H2,1-3H3,(H,23,25)/t14-,15+,19-,20-/m0/s1. The molecular weight excluding hydrogens is 342 g/mol. The Morgan fingerprint density at radius 2 is 1.85 bits per heavy atom.